The molecule has 1 rings (SSSR count). The topological polar surface area (TPSA) is 49.4 Å². The molecule has 4 nitrogen and oxygen atoms in total. The van der Waals surface area contributed by atoms with Crippen LogP contribution in [0.5, 0.6) is 0 Å². The van der Waals surface area contributed by atoms with Gasteiger partial charge in [-0.2, -0.15) is 0 Å². The summed E-state index contributed by atoms with van der Waals surface area (Å²) in [7, 11) is 0. The second kappa shape index (κ2) is 7.46. The Balaban J connectivity index is 2.83. The number of halogens is 1. The Morgan fingerprint density at radius 1 is 1.37 bits per heavy atom. The minimum absolute atomic E-state index is 0.0550. The molecular weight excluding hydrogens is 247 g/mol. The molecule has 0 bridgehead atoms. The van der Waals surface area contributed by atoms with Gasteiger partial charge in [-0.3, -0.25) is 14.0 Å². The fourth-order valence-electron chi connectivity index (χ4n) is 2.49. The monoisotopic (exact) mass is 272 g/mol. The third-order valence-corrected chi connectivity index (χ3v) is 3.38. The summed E-state index contributed by atoms with van der Waals surface area (Å²) in [6, 6.07) is -0.868. The second-order valence-corrected chi connectivity index (χ2v) is 5.57. The molecule has 5 heteroatoms. The molecule has 110 valence electrons. The molecule has 0 aromatic rings. The van der Waals surface area contributed by atoms with E-state index in [9.17, 15) is 14.0 Å². The second-order valence-electron chi connectivity index (χ2n) is 5.57. The first-order chi connectivity index (χ1) is 9.01. The summed E-state index contributed by atoms with van der Waals surface area (Å²) in [5.74, 6) is 0.172. The lowest BCUT2D eigenvalue weighted by atomic mass is 9.96. The molecule has 1 aliphatic heterocycles. The van der Waals surface area contributed by atoms with Crippen molar-refractivity contribution < 1.29 is 14.0 Å². The largest absolute Gasteiger partial charge is 0.343 e. The van der Waals surface area contributed by atoms with Crippen molar-refractivity contribution in [2.75, 3.05) is 13.2 Å². The third-order valence-electron chi connectivity index (χ3n) is 3.38. The van der Waals surface area contributed by atoms with Crippen molar-refractivity contribution in [3.05, 3.63) is 0 Å². The maximum Gasteiger partial charge on any atom is 0.245 e. The van der Waals surface area contributed by atoms with Crippen LogP contribution in [0.4, 0.5) is 4.39 Å². The molecule has 0 aromatic heterocycles. The zero-order valence-corrected chi connectivity index (χ0v) is 12.1. The molecule has 2 atom stereocenters. The van der Waals surface area contributed by atoms with Crippen LogP contribution in [-0.4, -0.2) is 42.0 Å². The molecule has 19 heavy (non-hydrogen) atoms. The third kappa shape index (κ3) is 4.18. The maximum absolute atomic E-state index is 12.4. The van der Waals surface area contributed by atoms with Crippen LogP contribution in [0.2, 0.25) is 0 Å². The van der Waals surface area contributed by atoms with Gasteiger partial charge in [0.1, 0.15) is 12.1 Å². The Bertz CT molecular complexity index is 321. The lowest BCUT2D eigenvalue weighted by molar-refractivity contribution is -0.150. The number of carbonyl (C=O) groups is 2. The van der Waals surface area contributed by atoms with Gasteiger partial charge in [0.2, 0.25) is 11.8 Å². The molecule has 1 N–H and O–H groups in total. The molecule has 0 spiro atoms. The van der Waals surface area contributed by atoms with Gasteiger partial charge in [0, 0.05) is 6.54 Å². The van der Waals surface area contributed by atoms with Gasteiger partial charge in [-0.15, -0.1) is 0 Å². The lowest BCUT2D eigenvalue weighted by Gasteiger charge is -2.39. The first-order valence-electron chi connectivity index (χ1n) is 7.18. The zero-order valence-electron chi connectivity index (χ0n) is 12.1. The quantitative estimate of drug-likeness (QED) is 0.769. The Morgan fingerprint density at radius 2 is 2.05 bits per heavy atom. The van der Waals surface area contributed by atoms with Crippen LogP contribution in [0.1, 0.15) is 46.5 Å². The van der Waals surface area contributed by atoms with Crippen molar-refractivity contribution in [3.8, 4) is 0 Å². The number of amides is 2. The fraction of sp³-hybridized carbons (Fsp3) is 0.857. The van der Waals surface area contributed by atoms with Crippen LogP contribution in [-0.2, 0) is 9.59 Å². The molecule has 1 fully saturated rings. The summed E-state index contributed by atoms with van der Waals surface area (Å²) in [5, 5.41) is 2.81. The Labute approximate surface area is 114 Å². The van der Waals surface area contributed by atoms with Crippen molar-refractivity contribution in [1.29, 1.82) is 0 Å². The highest BCUT2D eigenvalue weighted by atomic mass is 19.1. The number of carbonyl (C=O) groups excluding carboxylic acids is 2. The number of nitrogens with zero attached hydrogens (tertiary/aromatic N) is 1. The summed E-state index contributed by atoms with van der Waals surface area (Å²) < 4.78 is 12.4. The SMILES string of the molecule is CCCC1NC(=O)C(CC(C)C)N(CCCF)C1=O. The van der Waals surface area contributed by atoms with Gasteiger partial charge in [-0.25, -0.2) is 0 Å². The lowest BCUT2D eigenvalue weighted by Crippen LogP contribution is -2.63. The van der Waals surface area contributed by atoms with Crippen molar-refractivity contribution >= 4 is 11.8 Å². The average molecular weight is 272 g/mol. The molecule has 1 saturated heterocycles. The number of hydrogen-bond donors (Lipinski definition) is 1. The van der Waals surface area contributed by atoms with Gasteiger partial charge in [0.25, 0.3) is 0 Å². The van der Waals surface area contributed by atoms with Crippen LogP contribution < -0.4 is 5.32 Å². The molecule has 1 aliphatic rings. The molecule has 2 amide bonds. The predicted octanol–water partition coefficient (Wildman–Crippen LogP) is 1.89. The number of alkyl halides is 1. The zero-order chi connectivity index (χ0) is 14.4. The van der Waals surface area contributed by atoms with Gasteiger partial charge >= 0.3 is 0 Å². The van der Waals surface area contributed by atoms with E-state index in [0.717, 1.165) is 6.42 Å². The highest BCUT2D eigenvalue weighted by molar-refractivity contribution is 5.96. The van der Waals surface area contributed by atoms with E-state index in [1.165, 1.54) is 0 Å². The molecule has 2 unspecified atom stereocenters. The summed E-state index contributed by atoms with van der Waals surface area (Å²) >= 11 is 0. The van der Waals surface area contributed by atoms with Crippen LogP contribution in [0, 0.1) is 5.92 Å². The minimum atomic E-state index is -0.460. The van der Waals surface area contributed by atoms with Gasteiger partial charge < -0.3 is 10.2 Å². The smallest absolute Gasteiger partial charge is 0.245 e. The van der Waals surface area contributed by atoms with Gasteiger partial charge in [0.05, 0.1) is 6.67 Å². The van der Waals surface area contributed by atoms with E-state index in [1.807, 2.05) is 20.8 Å². The summed E-state index contributed by atoms with van der Waals surface area (Å²) in [4.78, 5) is 26.1. The Hall–Kier alpha value is -1.13. The van der Waals surface area contributed by atoms with Crippen molar-refractivity contribution in [1.82, 2.24) is 10.2 Å². The van der Waals surface area contributed by atoms with E-state index >= 15 is 0 Å². The number of hydrogen-bond acceptors (Lipinski definition) is 2. The molecule has 1 heterocycles. The maximum atomic E-state index is 12.4. The normalized spacial score (nSPS) is 23.9. The van der Waals surface area contributed by atoms with Crippen molar-refractivity contribution in [3.63, 3.8) is 0 Å². The van der Waals surface area contributed by atoms with Crippen LogP contribution in [0.15, 0.2) is 0 Å². The van der Waals surface area contributed by atoms with Crippen LogP contribution in [0.25, 0.3) is 0 Å². The van der Waals surface area contributed by atoms with E-state index in [-0.39, 0.29) is 11.8 Å². The standard InChI is InChI=1S/C14H25FN2O2/c1-4-6-11-14(19)17(8-5-7-15)12(9-10(2)3)13(18)16-11/h10-12H,4-9H2,1-3H3,(H,16,18). The number of nitrogens with one attached hydrogen (secondary N) is 1. The Morgan fingerprint density at radius 3 is 2.58 bits per heavy atom. The molecule has 0 saturated carbocycles. The van der Waals surface area contributed by atoms with E-state index in [4.69, 9.17) is 0 Å². The average Bonchev–Trinajstić information content (AvgIpc) is 2.35. The number of rotatable bonds is 7. The van der Waals surface area contributed by atoms with Gasteiger partial charge in [-0.05, 0) is 25.2 Å². The van der Waals surface area contributed by atoms with E-state index in [0.29, 0.717) is 31.7 Å². The Kier molecular flexibility index (Phi) is 6.25. The molecule has 0 radical (unpaired) electrons. The van der Waals surface area contributed by atoms with Gasteiger partial charge in [-0.1, -0.05) is 27.2 Å². The summed E-state index contributed by atoms with van der Waals surface area (Å²) in [5.41, 5.74) is 0. The number of piperazine rings is 1. The molecule has 0 aromatic carbocycles. The van der Waals surface area contributed by atoms with Crippen molar-refractivity contribution in [2.45, 2.75) is 58.5 Å². The molecular formula is C14H25FN2O2. The van der Waals surface area contributed by atoms with Crippen LogP contribution >= 0.6 is 0 Å². The summed E-state index contributed by atoms with van der Waals surface area (Å²) in [6.45, 7) is 5.89. The minimum Gasteiger partial charge on any atom is -0.343 e. The highest BCUT2D eigenvalue weighted by Gasteiger charge is 2.39. The highest BCUT2D eigenvalue weighted by Crippen LogP contribution is 2.19. The predicted molar refractivity (Wildman–Crippen MR) is 72.4 cm³/mol. The first-order valence-corrected chi connectivity index (χ1v) is 7.18. The molecule has 0 aliphatic carbocycles. The van der Waals surface area contributed by atoms with E-state index < -0.39 is 18.8 Å². The van der Waals surface area contributed by atoms with Crippen molar-refractivity contribution in [2.24, 2.45) is 5.92 Å². The summed E-state index contributed by atoms with van der Waals surface area (Å²) in [6.07, 6.45) is 2.41. The van der Waals surface area contributed by atoms with E-state index in [1.54, 1.807) is 4.90 Å². The van der Waals surface area contributed by atoms with Gasteiger partial charge in [0.15, 0.2) is 0 Å². The fourth-order valence-corrected chi connectivity index (χ4v) is 2.49. The van der Waals surface area contributed by atoms with Crippen LogP contribution in [0.3, 0.4) is 0 Å². The van der Waals surface area contributed by atoms with E-state index in [2.05, 4.69) is 5.32 Å². The first kappa shape index (κ1) is 15.9.